The minimum Gasteiger partial charge on any atom is -0.333 e. The van der Waals surface area contributed by atoms with Gasteiger partial charge in [-0.05, 0) is 24.3 Å². The number of aryl methyl sites for hydroxylation is 2. The van der Waals surface area contributed by atoms with Crippen LogP contribution in [0.1, 0.15) is 35.7 Å². The van der Waals surface area contributed by atoms with Gasteiger partial charge in [0.05, 0.1) is 11.1 Å². The Bertz CT molecular complexity index is 504. The molecule has 0 aliphatic heterocycles. The maximum Gasteiger partial charge on any atom is 0.131 e. The van der Waals surface area contributed by atoms with Crippen molar-refractivity contribution in [2.24, 2.45) is 5.73 Å². The zero-order valence-electron chi connectivity index (χ0n) is 9.98. The molecule has 0 aromatic carbocycles. The van der Waals surface area contributed by atoms with Crippen LogP contribution >= 0.6 is 22.9 Å². The fourth-order valence-electron chi connectivity index (χ4n) is 1.81. The Morgan fingerprint density at radius 1 is 1.59 bits per heavy atom. The molecule has 5 heteroatoms. The van der Waals surface area contributed by atoms with E-state index in [4.69, 9.17) is 17.3 Å². The number of hydrogen-bond donors (Lipinski definition) is 1. The highest BCUT2D eigenvalue weighted by Crippen LogP contribution is 2.33. The highest BCUT2D eigenvalue weighted by molar-refractivity contribution is 7.10. The molecule has 2 aromatic heterocycles. The van der Waals surface area contributed by atoms with E-state index in [0.717, 1.165) is 34.3 Å². The van der Waals surface area contributed by atoms with Crippen molar-refractivity contribution in [2.75, 3.05) is 0 Å². The molecule has 0 saturated carbocycles. The van der Waals surface area contributed by atoms with Crippen LogP contribution < -0.4 is 5.73 Å². The van der Waals surface area contributed by atoms with Crippen LogP contribution in [-0.4, -0.2) is 9.55 Å². The van der Waals surface area contributed by atoms with Gasteiger partial charge in [-0.1, -0.05) is 18.5 Å². The molecule has 1 unspecified atom stereocenters. The van der Waals surface area contributed by atoms with Gasteiger partial charge < -0.3 is 10.3 Å². The molecule has 1 atom stereocenters. The minimum atomic E-state index is -0.234. The Labute approximate surface area is 110 Å². The zero-order chi connectivity index (χ0) is 12.4. The van der Waals surface area contributed by atoms with E-state index in [1.807, 2.05) is 18.5 Å². The Balaban J connectivity index is 2.33. The topological polar surface area (TPSA) is 43.8 Å². The van der Waals surface area contributed by atoms with Gasteiger partial charge in [0.2, 0.25) is 0 Å². The lowest BCUT2D eigenvalue weighted by Gasteiger charge is -2.12. The highest BCUT2D eigenvalue weighted by Gasteiger charge is 2.19. The number of hydrogen-bond acceptors (Lipinski definition) is 3. The number of nitrogens with zero attached hydrogens (tertiary/aromatic N) is 2. The van der Waals surface area contributed by atoms with Crippen molar-refractivity contribution in [3.05, 3.63) is 39.1 Å². The quantitative estimate of drug-likeness (QED) is 0.925. The summed E-state index contributed by atoms with van der Waals surface area (Å²) in [5, 5.41) is 2.80. The summed E-state index contributed by atoms with van der Waals surface area (Å²) in [4.78, 5) is 5.34. The molecule has 0 saturated heterocycles. The molecule has 0 spiro atoms. The van der Waals surface area contributed by atoms with Crippen LogP contribution in [0.3, 0.4) is 0 Å². The van der Waals surface area contributed by atoms with E-state index < -0.39 is 0 Å². The normalized spacial score (nSPS) is 12.9. The smallest absolute Gasteiger partial charge is 0.131 e. The maximum absolute atomic E-state index is 6.25. The largest absolute Gasteiger partial charge is 0.333 e. The van der Waals surface area contributed by atoms with Crippen LogP contribution in [0.4, 0.5) is 0 Å². The Kier molecular flexibility index (Phi) is 3.86. The highest BCUT2D eigenvalue weighted by atomic mass is 35.5. The Morgan fingerprint density at radius 3 is 2.94 bits per heavy atom. The summed E-state index contributed by atoms with van der Waals surface area (Å²) in [5.74, 6) is 0.885. The second-order valence-corrected chi connectivity index (χ2v) is 5.34. The van der Waals surface area contributed by atoms with Crippen molar-refractivity contribution >= 4 is 22.9 Å². The molecular weight excluding hydrogens is 254 g/mol. The molecule has 0 aliphatic rings. The van der Waals surface area contributed by atoms with E-state index >= 15 is 0 Å². The lowest BCUT2D eigenvalue weighted by Crippen LogP contribution is -2.17. The van der Waals surface area contributed by atoms with E-state index in [1.54, 1.807) is 17.5 Å². The molecule has 0 fully saturated rings. The standard InChI is InChI=1S/C12H16ClN3S/c1-3-5-16-6-4-15-12(16)10(14)11-9(13)8(2)7-17-11/h4,6-7,10H,3,5,14H2,1-2H3. The summed E-state index contributed by atoms with van der Waals surface area (Å²) in [5.41, 5.74) is 7.33. The zero-order valence-corrected chi connectivity index (χ0v) is 11.6. The molecule has 2 heterocycles. The van der Waals surface area contributed by atoms with Crippen molar-refractivity contribution in [1.29, 1.82) is 0 Å². The average Bonchev–Trinajstić information content (AvgIpc) is 2.88. The number of halogens is 1. The molecule has 17 heavy (non-hydrogen) atoms. The number of rotatable bonds is 4. The number of nitrogens with two attached hydrogens (primary N) is 1. The van der Waals surface area contributed by atoms with E-state index in [1.165, 1.54) is 0 Å². The number of thiophene rings is 1. The lowest BCUT2D eigenvalue weighted by molar-refractivity contribution is 0.616. The van der Waals surface area contributed by atoms with Gasteiger partial charge >= 0.3 is 0 Å². The van der Waals surface area contributed by atoms with Crippen molar-refractivity contribution in [1.82, 2.24) is 9.55 Å². The molecule has 2 rings (SSSR count). The summed E-state index contributed by atoms with van der Waals surface area (Å²) in [6, 6.07) is -0.234. The van der Waals surface area contributed by atoms with Gasteiger partial charge in [0.15, 0.2) is 0 Å². The van der Waals surface area contributed by atoms with Gasteiger partial charge in [0.25, 0.3) is 0 Å². The van der Waals surface area contributed by atoms with Crippen LogP contribution in [0.5, 0.6) is 0 Å². The summed E-state index contributed by atoms with van der Waals surface area (Å²) in [7, 11) is 0. The molecule has 2 aromatic rings. The van der Waals surface area contributed by atoms with Gasteiger partial charge in [-0.3, -0.25) is 0 Å². The van der Waals surface area contributed by atoms with Crippen LogP contribution in [0.25, 0.3) is 0 Å². The van der Waals surface area contributed by atoms with E-state index in [-0.39, 0.29) is 6.04 Å². The molecule has 3 nitrogen and oxygen atoms in total. The monoisotopic (exact) mass is 269 g/mol. The third-order valence-corrected chi connectivity index (χ3v) is 4.50. The lowest BCUT2D eigenvalue weighted by atomic mass is 10.2. The van der Waals surface area contributed by atoms with Crippen molar-refractivity contribution in [2.45, 2.75) is 32.9 Å². The fourth-order valence-corrected chi connectivity index (χ4v) is 3.11. The predicted molar refractivity (Wildman–Crippen MR) is 72.6 cm³/mol. The van der Waals surface area contributed by atoms with Gasteiger partial charge in [-0.25, -0.2) is 4.98 Å². The second kappa shape index (κ2) is 5.21. The van der Waals surface area contributed by atoms with Crippen LogP contribution in [-0.2, 0) is 6.54 Å². The Hall–Kier alpha value is -0.840. The first-order valence-electron chi connectivity index (χ1n) is 5.65. The van der Waals surface area contributed by atoms with Gasteiger partial charge in [0.1, 0.15) is 5.82 Å². The summed E-state index contributed by atoms with van der Waals surface area (Å²) in [6.07, 6.45) is 4.82. The van der Waals surface area contributed by atoms with Crippen LogP contribution in [0.2, 0.25) is 5.02 Å². The third kappa shape index (κ3) is 2.39. The predicted octanol–water partition coefficient (Wildman–Crippen LogP) is 3.36. The van der Waals surface area contributed by atoms with Crippen molar-refractivity contribution < 1.29 is 0 Å². The summed E-state index contributed by atoms with van der Waals surface area (Å²) in [6.45, 7) is 5.07. The number of aromatic nitrogens is 2. The molecule has 0 aliphatic carbocycles. The molecule has 0 bridgehead atoms. The SMILES string of the molecule is CCCn1ccnc1C(N)c1scc(C)c1Cl. The van der Waals surface area contributed by atoms with E-state index in [2.05, 4.69) is 16.5 Å². The third-order valence-electron chi connectivity index (χ3n) is 2.70. The van der Waals surface area contributed by atoms with Crippen LogP contribution in [0, 0.1) is 6.92 Å². The van der Waals surface area contributed by atoms with Crippen molar-refractivity contribution in [3.8, 4) is 0 Å². The molecule has 0 amide bonds. The molecular formula is C12H16ClN3S. The average molecular weight is 270 g/mol. The van der Waals surface area contributed by atoms with Gasteiger partial charge in [-0.15, -0.1) is 11.3 Å². The van der Waals surface area contributed by atoms with Gasteiger partial charge in [0, 0.05) is 23.8 Å². The summed E-state index contributed by atoms with van der Waals surface area (Å²) >= 11 is 7.84. The maximum atomic E-state index is 6.25. The second-order valence-electron chi connectivity index (χ2n) is 4.05. The minimum absolute atomic E-state index is 0.234. The fraction of sp³-hybridized carbons (Fsp3) is 0.417. The first-order chi connectivity index (χ1) is 8.15. The molecule has 0 radical (unpaired) electrons. The van der Waals surface area contributed by atoms with Gasteiger partial charge in [-0.2, -0.15) is 0 Å². The number of imidazole rings is 1. The Morgan fingerprint density at radius 2 is 2.35 bits per heavy atom. The first kappa shape index (κ1) is 12.6. The van der Waals surface area contributed by atoms with E-state index in [9.17, 15) is 0 Å². The van der Waals surface area contributed by atoms with E-state index in [0.29, 0.717) is 0 Å². The molecule has 2 N–H and O–H groups in total. The van der Waals surface area contributed by atoms with Crippen molar-refractivity contribution in [3.63, 3.8) is 0 Å². The van der Waals surface area contributed by atoms with Crippen LogP contribution in [0.15, 0.2) is 17.8 Å². The summed E-state index contributed by atoms with van der Waals surface area (Å²) < 4.78 is 2.09. The first-order valence-corrected chi connectivity index (χ1v) is 6.91. The molecule has 92 valence electrons.